The molecule has 0 spiro atoms. The Morgan fingerprint density at radius 2 is 2.00 bits per heavy atom. The first kappa shape index (κ1) is 16.5. The van der Waals surface area contributed by atoms with Crippen LogP contribution in [0.3, 0.4) is 0 Å². The molecule has 0 bridgehead atoms. The van der Waals surface area contributed by atoms with Crippen LogP contribution in [0.2, 0.25) is 0 Å². The quantitative estimate of drug-likeness (QED) is 0.714. The summed E-state index contributed by atoms with van der Waals surface area (Å²) in [5.41, 5.74) is 0.337. The minimum Gasteiger partial charge on any atom is -0.478 e. The van der Waals surface area contributed by atoms with Crippen molar-refractivity contribution in [2.75, 3.05) is 11.9 Å². The first-order valence-electron chi connectivity index (χ1n) is 6.45. The predicted octanol–water partition coefficient (Wildman–Crippen LogP) is 1.89. The normalized spacial score (nSPS) is 12.9. The first-order valence-corrected chi connectivity index (χ1v) is 7.93. The van der Waals surface area contributed by atoms with Gasteiger partial charge in [0.25, 0.3) is 0 Å². The summed E-state index contributed by atoms with van der Waals surface area (Å²) < 4.78 is 27.2. The van der Waals surface area contributed by atoms with E-state index < -0.39 is 16.0 Å². The molecule has 0 amide bonds. The summed E-state index contributed by atoms with van der Waals surface area (Å²) in [4.78, 5) is 10.9. The molecular weight excluding hydrogens is 280 g/mol. The van der Waals surface area contributed by atoms with Crippen molar-refractivity contribution >= 4 is 21.7 Å². The molecule has 0 fully saturated rings. The van der Waals surface area contributed by atoms with E-state index in [1.165, 1.54) is 18.2 Å². The van der Waals surface area contributed by atoms with Crippen LogP contribution in [-0.4, -0.2) is 32.1 Å². The molecule has 0 aromatic heterocycles. The number of hydrogen-bond donors (Lipinski definition) is 3. The molecule has 20 heavy (non-hydrogen) atoms. The maximum atomic E-state index is 12.3. The lowest BCUT2D eigenvalue weighted by Crippen LogP contribution is -2.32. The monoisotopic (exact) mass is 300 g/mol. The lowest BCUT2D eigenvalue weighted by Gasteiger charge is -2.16. The molecule has 1 aromatic carbocycles. The van der Waals surface area contributed by atoms with Crippen molar-refractivity contribution in [1.82, 2.24) is 4.72 Å². The van der Waals surface area contributed by atoms with E-state index in [1.807, 2.05) is 13.8 Å². The van der Waals surface area contributed by atoms with Crippen molar-refractivity contribution in [1.29, 1.82) is 0 Å². The van der Waals surface area contributed by atoms with Gasteiger partial charge in [0, 0.05) is 12.6 Å². The summed E-state index contributed by atoms with van der Waals surface area (Å²) >= 11 is 0. The third kappa shape index (κ3) is 3.94. The van der Waals surface area contributed by atoms with E-state index in [1.54, 1.807) is 6.92 Å². The van der Waals surface area contributed by atoms with Crippen molar-refractivity contribution < 1.29 is 18.3 Å². The number of carboxylic acids is 1. The highest BCUT2D eigenvalue weighted by Crippen LogP contribution is 2.23. The van der Waals surface area contributed by atoms with Gasteiger partial charge in [0.05, 0.1) is 11.3 Å². The second-order valence-electron chi connectivity index (χ2n) is 4.48. The van der Waals surface area contributed by atoms with Crippen LogP contribution < -0.4 is 10.0 Å². The summed E-state index contributed by atoms with van der Waals surface area (Å²) in [7, 11) is -3.76. The molecule has 0 aliphatic rings. The van der Waals surface area contributed by atoms with Gasteiger partial charge in [-0.05, 0) is 38.5 Å². The van der Waals surface area contributed by atoms with Crippen molar-refractivity contribution in [3.63, 3.8) is 0 Å². The van der Waals surface area contributed by atoms with Gasteiger partial charge in [-0.25, -0.2) is 17.9 Å². The fraction of sp³-hybridized carbons (Fsp3) is 0.462. The van der Waals surface area contributed by atoms with Gasteiger partial charge in [-0.1, -0.05) is 6.92 Å². The molecule has 0 saturated carbocycles. The number of sulfonamides is 1. The van der Waals surface area contributed by atoms with E-state index in [0.717, 1.165) is 0 Å². The third-order valence-corrected chi connectivity index (χ3v) is 4.48. The molecule has 1 unspecified atom stereocenters. The van der Waals surface area contributed by atoms with Crippen molar-refractivity contribution in [2.45, 2.75) is 38.1 Å². The molecule has 0 heterocycles. The second-order valence-corrected chi connectivity index (χ2v) is 6.16. The number of rotatable bonds is 7. The summed E-state index contributed by atoms with van der Waals surface area (Å²) in [5.74, 6) is -1.16. The van der Waals surface area contributed by atoms with Crippen LogP contribution in [0.25, 0.3) is 0 Å². The van der Waals surface area contributed by atoms with E-state index in [9.17, 15) is 13.2 Å². The van der Waals surface area contributed by atoms with Gasteiger partial charge in [0.1, 0.15) is 4.90 Å². The van der Waals surface area contributed by atoms with E-state index in [4.69, 9.17) is 5.11 Å². The molecule has 112 valence electrons. The van der Waals surface area contributed by atoms with Crippen molar-refractivity contribution in [3.8, 4) is 0 Å². The largest absolute Gasteiger partial charge is 0.478 e. The summed E-state index contributed by atoms with van der Waals surface area (Å²) in [6, 6.07) is 3.80. The molecule has 1 atom stereocenters. The zero-order valence-corrected chi connectivity index (χ0v) is 12.6. The highest BCUT2D eigenvalue weighted by molar-refractivity contribution is 7.89. The maximum Gasteiger partial charge on any atom is 0.335 e. The molecule has 0 radical (unpaired) electrons. The minimum absolute atomic E-state index is 0.0421. The predicted molar refractivity (Wildman–Crippen MR) is 77.6 cm³/mol. The van der Waals surface area contributed by atoms with Crippen molar-refractivity contribution in [2.24, 2.45) is 0 Å². The average Bonchev–Trinajstić information content (AvgIpc) is 2.38. The molecular formula is C13H20N2O4S. The Balaban J connectivity index is 3.31. The number of carbonyl (C=O) groups is 1. The van der Waals surface area contributed by atoms with E-state index >= 15 is 0 Å². The van der Waals surface area contributed by atoms with Gasteiger partial charge in [-0.15, -0.1) is 0 Å². The number of hydrogen-bond acceptors (Lipinski definition) is 4. The Kier molecular flexibility index (Phi) is 5.52. The standard InChI is InChI=1S/C13H20N2O4S/c1-4-9(3)15-20(18,19)12-8-10(13(16)17)6-7-11(12)14-5-2/h6-9,14-15H,4-5H2,1-3H3,(H,16,17). The maximum absolute atomic E-state index is 12.3. The average molecular weight is 300 g/mol. The minimum atomic E-state index is -3.76. The first-order chi connectivity index (χ1) is 9.31. The smallest absolute Gasteiger partial charge is 0.335 e. The molecule has 3 N–H and O–H groups in total. The Morgan fingerprint density at radius 1 is 1.35 bits per heavy atom. The molecule has 7 heteroatoms. The fourth-order valence-electron chi connectivity index (χ4n) is 1.63. The Labute approximate surface area is 119 Å². The summed E-state index contributed by atoms with van der Waals surface area (Å²) in [6.45, 7) is 6.00. The zero-order valence-electron chi connectivity index (χ0n) is 11.8. The van der Waals surface area contributed by atoms with E-state index in [-0.39, 0.29) is 16.5 Å². The molecule has 1 rings (SSSR count). The van der Waals surface area contributed by atoms with Crippen LogP contribution in [0, 0.1) is 0 Å². The number of carboxylic acid groups (broad SMARTS) is 1. The van der Waals surface area contributed by atoms with Gasteiger partial charge in [0.2, 0.25) is 10.0 Å². The molecule has 0 aliphatic carbocycles. The van der Waals surface area contributed by atoms with Crippen LogP contribution in [0.1, 0.15) is 37.6 Å². The van der Waals surface area contributed by atoms with Crippen LogP contribution in [0.5, 0.6) is 0 Å². The van der Waals surface area contributed by atoms with Crippen LogP contribution in [0.15, 0.2) is 23.1 Å². The van der Waals surface area contributed by atoms with Gasteiger partial charge in [0.15, 0.2) is 0 Å². The zero-order chi connectivity index (χ0) is 15.3. The molecule has 0 aliphatic heterocycles. The van der Waals surface area contributed by atoms with Gasteiger partial charge >= 0.3 is 5.97 Å². The summed E-state index contributed by atoms with van der Waals surface area (Å²) in [6.07, 6.45) is 0.647. The lowest BCUT2D eigenvalue weighted by molar-refractivity contribution is 0.0696. The summed E-state index contributed by atoms with van der Waals surface area (Å²) in [5, 5.41) is 11.9. The Bertz CT molecular complexity index is 584. The van der Waals surface area contributed by atoms with Crippen LogP contribution in [0.4, 0.5) is 5.69 Å². The number of benzene rings is 1. The lowest BCUT2D eigenvalue weighted by atomic mass is 10.2. The number of anilines is 1. The fourth-order valence-corrected chi connectivity index (χ4v) is 3.16. The second kappa shape index (κ2) is 6.71. The number of aromatic carboxylic acids is 1. The Hall–Kier alpha value is -1.60. The van der Waals surface area contributed by atoms with Crippen molar-refractivity contribution in [3.05, 3.63) is 23.8 Å². The molecule has 6 nitrogen and oxygen atoms in total. The molecule has 1 aromatic rings. The van der Waals surface area contributed by atoms with Crippen LogP contribution in [-0.2, 0) is 10.0 Å². The topological polar surface area (TPSA) is 95.5 Å². The highest BCUT2D eigenvalue weighted by atomic mass is 32.2. The highest BCUT2D eigenvalue weighted by Gasteiger charge is 2.22. The van der Waals surface area contributed by atoms with Gasteiger partial charge in [-0.2, -0.15) is 0 Å². The Morgan fingerprint density at radius 3 is 2.50 bits per heavy atom. The van der Waals surface area contributed by atoms with E-state index in [2.05, 4.69) is 10.0 Å². The van der Waals surface area contributed by atoms with E-state index in [0.29, 0.717) is 18.7 Å². The third-order valence-electron chi connectivity index (χ3n) is 2.85. The number of nitrogens with one attached hydrogen (secondary N) is 2. The molecule has 0 saturated heterocycles. The van der Waals surface area contributed by atoms with Crippen LogP contribution >= 0.6 is 0 Å². The van der Waals surface area contributed by atoms with Gasteiger partial charge in [-0.3, -0.25) is 0 Å². The SMILES string of the molecule is CCNc1ccc(C(=O)O)cc1S(=O)(=O)NC(C)CC. The van der Waals surface area contributed by atoms with Gasteiger partial charge < -0.3 is 10.4 Å².